The number of fused-ring (bicyclic) bond motifs is 1. The molecule has 0 bridgehead atoms. The first-order valence-electron chi connectivity index (χ1n) is 12.5. The monoisotopic (exact) mass is 493 g/mol. The van der Waals surface area contributed by atoms with Crippen molar-refractivity contribution in [3.8, 4) is 5.75 Å². The van der Waals surface area contributed by atoms with E-state index in [1.54, 1.807) is 36.2 Å². The summed E-state index contributed by atoms with van der Waals surface area (Å²) in [6, 6.07) is 14.6. The zero-order valence-corrected chi connectivity index (χ0v) is 21.5. The highest BCUT2D eigenvalue weighted by atomic mass is 16.6. The second kappa shape index (κ2) is 10.6. The second-order valence-corrected chi connectivity index (χ2v) is 10.6. The number of carbonyl (C=O) groups excluding carboxylic acids is 3. The van der Waals surface area contributed by atoms with Crippen molar-refractivity contribution in [2.45, 2.75) is 51.7 Å². The summed E-state index contributed by atoms with van der Waals surface area (Å²) in [6.07, 6.45) is 1.38. The van der Waals surface area contributed by atoms with E-state index in [1.165, 1.54) is 0 Å². The van der Waals surface area contributed by atoms with Gasteiger partial charge in [-0.1, -0.05) is 24.3 Å². The molecule has 1 saturated heterocycles. The van der Waals surface area contributed by atoms with Crippen LogP contribution in [0.1, 0.15) is 49.5 Å². The minimum Gasteiger partial charge on any atom is -0.480 e. The minimum atomic E-state index is -0.591. The highest BCUT2D eigenvalue weighted by molar-refractivity contribution is 5.98. The van der Waals surface area contributed by atoms with E-state index in [-0.39, 0.29) is 23.8 Å². The van der Waals surface area contributed by atoms with E-state index in [1.807, 2.05) is 49.9 Å². The third-order valence-corrected chi connectivity index (χ3v) is 6.36. The Kier molecular flexibility index (Phi) is 7.52. The van der Waals surface area contributed by atoms with Crippen molar-refractivity contribution in [2.75, 3.05) is 32.0 Å². The van der Waals surface area contributed by atoms with E-state index in [9.17, 15) is 14.4 Å². The number of nitrogens with one attached hydrogen (secondary N) is 1. The number of hydrogen-bond acceptors (Lipinski definition) is 5. The molecule has 2 aliphatic heterocycles. The van der Waals surface area contributed by atoms with Gasteiger partial charge in [-0.15, -0.1) is 0 Å². The van der Waals surface area contributed by atoms with Crippen LogP contribution in [0.3, 0.4) is 0 Å². The summed E-state index contributed by atoms with van der Waals surface area (Å²) in [5.41, 5.74) is 1.54. The van der Waals surface area contributed by atoms with Crippen LogP contribution in [0.25, 0.3) is 0 Å². The van der Waals surface area contributed by atoms with Crippen LogP contribution in [-0.2, 0) is 16.0 Å². The Balaban J connectivity index is 1.34. The maximum Gasteiger partial charge on any atom is 0.410 e. The molecule has 0 spiro atoms. The molecule has 36 heavy (non-hydrogen) atoms. The van der Waals surface area contributed by atoms with Crippen molar-refractivity contribution >= 4 is 23.6 Å². The molecule has 1 N–H and O–H groups in total. The first-order chi connectivity index (χ1) is 17.1. The average Bonchev–Trinajstić information content (AvgIpc) is 3.27. The van der Waals surface area contributed by atoms with E-state index < -0.39 is 11.7 Å². The van der Waals surface area contributed by atoms with Crippen LogP contribution in [0, 0.1) is 5.92 Å². The topological polar surface area (TPSA) is 88.2 Å². The minimum absolute atomic E-state index is 0.0831. The van der Waals surface area contributed by atoms with Crippen LogP contribution in [-0.4, -0.2) is 66.1 Å². The van der Waals surface area contributed by atoms with E-state index in [0.29, 0.717) is 37.3 Å². The summed E-state index contributed by atoms with van der Waals surface area (Å²) in [5, 5.41) is 2.89. The summed E-state index contributed by atoms with van der Waals surface area (Å²) in [6.45, 7) is 7.29. The molecule has 8 heteroatoms. The van der Waals surface area contributed by atoms with Gasteiger partial charge in [0.1, 0.15) is 11.4 Å². The predicted molar refractivity (Wildman–Crippen MR) is 137 cm³/mol. The van der Waals surface area contributed by atoms with Gasteiger partial charge in [0.15, 0.2) is 6.10 Å². The molecule has 2 aliphatic rings. The Morgan fingerprint density at radius 1 is 1.14 bits per heavy atom. The summed E-state index contributed by atoms with van der Waals surface area (Å²) >= 11 is 0. The number of ether oxygens (including phenoxy) is 2. The lowest BCUT2D eigenvalue weighted by Crippen LogP contribution is -2.45. The summed E-state index contributed by atoms with van der Waals surface area (Å²) in [4.78, 5) is 41.8. The van der Waals surface area contributed by atoms with Gasteiger partial charge in [-0.05, 0) is 69.4 Å². The van der Waals surface area contributed by atoms with Crippen LogP contribution < -0.4 is 10.1 Å². The summed E-state index contributed by atoms with van der Waals surface area (Å²) < 4.78 is 11.2. The van der Waals surface area contributed by atoms with Crippen LogP contribution in [0.5, 0.6) is 5.75 Å². The number of para-hydroxylation sites is 1. The molecule has 2 heterocycles. The molecule has 3 amide bonds. The zero-order valence-electron chi connectivity index (χ0n) is 21.5. The van der Waals surface area contributed by atoms with Crippen molar-refractivity contribution in [2.24, 2.45) is 5.92 Å². The standard InChI is InChI=1S/C28H35N3O5/c1-28(2,3)36-27(34)30(4)17-19-9-8-14-31(18-19)26(33)21-11-7-12-22(15-21)29-25(32)24-16-20-10-5-6-13-23(20)35-24/h5-7,10-13,15,19,24H,8-9,14,16-18H2,1-4H3,(H,29,32). The number of likely N-dealkylation sites (tertiary alicyclic amines) is 1. The Bertz CT molecular complexity index is 1100. The zero-order chi connectivity index (χ0) is 25.9. The number of amides is 3. The van der Waals surface area contributed by atoms with Crippen molar-refractivity contribution in [1.82, 2.24) is 9.80 Å². The van der Waals surface area contributed by atoms with Crippen molar-refractivity contribution in [3.63, 3.8) is 0 Å². The number of carbonyl (C=O) groups is 3. The highest BCUT2D eigenvalue weighted by Gasteiger charge is 2.30. The van der Waals surface area contributed by atoms with Gasteiger partial charge in [-0.2, -0.15) is 0 Å². The quantitative estimate of drug-likeness (QED) is 0.669. The average molecular weight is 494 g/mol. The molecule has 1 fully saturated rings. The largest absolute Gasteiger partial charge is 0.480 e. The van der Waals surface area contributed by atoms with Gasteiger partial charge in [0.05, 0.1) is 0 Å². The highest BCUT2D eigenvalue weighted by Crippen LogP contribution is 2.29. The van der Waals surface area contributed by atoms with Crippen LogP contribution in [0.15, 0.2) is 48.5 Å². The van der Waals surface area contributed by atoms with E-state index in [4.69, 9.17) is 9.47 Å². The molecular formula is C28H35N3O5. The van der Waals surface area contributed by atoms with E-state index >= 15 is 0 Å². The molecule has 0 aliphatic carbocycles. The molecule has 2 aromatic rings. The number of benzene rings is 2. The molecule has 2 atom stereocenters. The second-order valence-electron chi connectivity index (χ2n) is 10.6. The smallest absolute Gasteiger partial charge is 0.410 e. The van der Waals surface area contributed by atoms with Crippen molar-refractivity contribution < 1.29 is 23.9 Å². The Morgan fingerprint density at radius 3 is 2.67 bits per heavy atom. The third kappa shape index (κ3) is 6.36. The van der Waals surface area contributed by atoms with Gasteiger partial charge in [0, 0.05) is 44.4 Å². The normalized spacial score (nSPS) is 19.2. The number of hydrogen-bond donors (Lipinski definition) is 1. The predicted octanol–water partition coefficient (Wildman–Crippen LogP) is 4.35. The van der Waals surface area contributed by atoms with Gasteiger partial charge < -0.3 is 24.6 Å². The van der Waals surface area contributed by atoms with Crippen LogP contribution >= 0.6 is 0 Å². The molecule has 4 rings (SSSR count). The van der Waals surface area contributed by atoms with Gasteiger partial charge in [0.2, 0.25) is 0 Å². The first-order valence-corrected chi connectivity index (χ1v) is 12.5. The SMILES string of the molecule is CN(CC1CCCN(C(=O)c2cccc(NC(=O)C3Cc4ccccc4O3)c2)C1)C(=O)OC(C)(C)C. The molecule has 192 valence electrons. The molecule has 0 aromatic heterocycles. The lowest BCUT2D eigenvalue weighted by atomic mass is 9.97. The Hall–Kier alpha value is -3.55. The molecule has 0 radical (unpaired) electrons. The van der Waals surface area contributed by atoms with E-state index in [0.717, 1.165) is 24.2 Å². The van der Waals surface area contributed by atoms with E-state index in [2.05, 4.69) is 5.32 Å². The molecular weight excluding hydrogens is 458 g/mol. The first kappa shape index (κ1) is 25.5. The fraction of sp³-hybridized carbons (Fsp3) is 0.464. The van der Waals surface area contributed by atoms with Gasteiger partial charge in [-0.3, -0.25) is 9.59 Å². The lowest BCUT2D eigenvalue weighted by Gasteiger charge is -2.35. The fourth-order valence-corrected chi connectivity index (χ4v) is 4.66. The molecule has 8 nitrogen and oxygen atoms in total. The van der Waals surface area contributed by atoms with Crippen LogP contribution in [0.2, 0.25) is 0 Å². The van der Waals surface area contributed by atoms with Crippen molar-refractivity contribution in [1.29, 1.82) is 0 Å². The molecule has 0 saturated carbocycles. The third-order valence-electron chi connectivity index (χ3n) is 6.36. The van der Waals surface area contributed by atoms with Crippen molar-refractivity contribution in [3.05, 3.63) is 59.7 Å². The number of nitrogens with zero attached hydrogens (tertiary/aromatic N) is 2. The lowest BCUT2D eigenvalue weighted by molar-refractivity contribution is -0.122. The van der Waals surface area contributed by atoms with Crippen LogP contribution in [0.4, 0.5) is 10.5 Å². The summed E-state index contributed by atoms with van der Waals surface area (Å²) in [7, 11) is 1.73. The molecule has 2 unspecified atom stereocenters. The molecule has 2 aromatic carbocycles. The number of piperidine rings is 1. The maximum atomic E-state index is 13.3. The Labute approximate surface area is 212 Å². The van der Waals surface area contributed by atoms with Gasteiger partial charge in [0.25, 0.3) is 11.8 Å². The Morgan fingerprint density at radius 2 is 1.92 bits per heavy atom. The number of anilines is 1. The van der Waals surface area contributed by atoms with Gasteiger partial charge >= 0.3 is 6.09 Å². The van der Waals surface area contributed by atoms with Gasteiger partial charge in [-0.25, -0.2) is 4.79 Å². The number of rotatable bonds is 5. The summed E-state index contributed by atoms with van der Waals surface area (Å²) in [5.74, 6) is 0.585. The fourth-order valence-electron chi connectivity index (χ4n) is 4.66. The maximum absolute atomic E-state index is 13.3.